The molecule has 4 heterocycles. The Labute approximate surface area is 548 Å². The molecule has 8 rings (SSSR count). The number of alkyl carbamates (subject to hydrolysis) is 2. The van der Waals surface area contributed by atoms with Gasteiger partial charge in [-0.2, -0.15) is 0 Å². The van der Waals surface area contributed by atoms with Crippen molar-refractivity contribution in [3.63, 3.8) is 0 Å². The van der Waals surface area contributed by atoms with Gasteiger partial charge in [-0.15, -0.1) is 0 Å². The molecule has 2 aliphatic heterocycles. The van der Waals surface area contributed by atoms with Crippen LogP contribution in [-0.2, 0) is 42.7 Å². The zero-order valence-corrected chi connectivity index (χ0v) is 58.8. The zero-order chi connectivity index (χ0) is 66.9. The van der Waals surface area contributed by atoms with E-state index in [0.29, 0.717) is 58.1 Å². The second kappa shape index (κ2) is 33.3. The van der Waals surface area contributed by atoms with Crippen molar-refractivity contribution in [2.24, 2.45) is 4.99 Å². The fraction of sp³-hybridized carbons (Fsp3) is 0.528. The molecule has 6 N–H and O–H groups in total. The molecule has 0 spiro atoms. The summed E-state index contributed by atoms with van der Waals surface area (Å²) < 4.78 is 10.5. The van der Waals surface area contributed by atoms with Crippen LogP contribution in [0.5, 0.6) is 0 Å². The molecule has 0 saturated carbocycles. The zero-order valence-electron chi connectivity index (χ0n) is 57.9. The number of ether oxygens (including phenoxy) is 2. The van der Waals surface area contributed by atoms with E-state index in [0.717, 1.165) is 106 Å². The summed E-state index contributed by atoms with van der Waals surface area (Å²) in [5.74, 6) is 0.789. The monoisotopic (exact) mass is 1270 g/mol. The molecule has 0 radical (unpaired) electrons. The summed E-state index contributed by atoms with van der Waals surface area (Å²) in [5, 5.41) is 14.3. The summed E-state index contributed by atoms with van der Waals surface area (Å²) in [6, 6.07) is 25.7. The molecular formula is C72H106N12O6S. The van der Waals surface area contributed by atoms with Gasteiger partial charge in [0.2, 0.25) is 17.8 Å². The van der Waals surface area contributed by atoms with E-state index in [2.05, 4.69) is 154 Å². The van der Waals surface area contributed by atoms with Gasteiger partial charge in [-0.25, -0.2) is 9.59 Å². The molecule has 496 valence electrons. The fourth-order valence-electron chi connectivity index (χ4n) is 11.9. The maximum absolute atomic E-state index is 13.6. The quantitative estimate of drug-likeness (QED) is 0.0271. The Balaban J connectivity index is 0.000000263. The summed E-state index contributed by atoms with van der Waals surface area (Å²) in [7, 11) is 4.26. The number of benzene rings is 4. The number of nitrogens with one attached hydrogen (secondary N) is 6. The first kappa shape index (κ1) is 72.7. The standard InChI is InChI=1S/C36H52N6O3.C31H42N4O3S.C5H12N2/c1-10-41(11-2)33(43)36(7,8)28-12-13-31-30(23-28)29(32(38-31)27-21-25(5)20-26(6)22-27)14-15-37-34(39-35(44)45-24(3)4)42-18-16-40(9)17-19-42;1-9-35(10-2)28(36)31(7,8)23-11-12-26-25(18-23)24(13-14-32-29(39)34-30(37)38-19(3)4)27(33-26)22-16-20(5)15-21(6)17-22;1-7-4-2-6-3-5-7/h12-13,20-24,38H,10-11,14-19H2,1-9H3,(H,37,39,44);11-12,15-19,33H,9-10,13-14H2,1-8H3,(H2,32,34,37,39);6H,2-5H2,1H3. The lowest BCUT2D eigenvalue weighted by Gasteiger charge is -2.34. The first-order valence-electron chi connectivity index (χ1n) is 32.8. The number of thiocarbonyl (C=S) groups is 1. The van der Waals surface area contributed by atoms with Gasteiger partial charge in [0.15, 0.2) is 5.11 Å². The van der Waals surface area contributed by atoms with Crippen molar-refractivity contribution in [1.29, 1.82) is 0 Å². The van der Waals surface area contributed by atoms with Crippen molar-refractivity contribution >= 4 is 69.1 Å². The first-order chi connectivity index (χ1) is 43.1. The van der Waals surface area contributed by atoms with Gasteiger partial charge in [0.1, 0.15) is 0 Å². The number of carbonyl (C=O) groups excluding carboxylic acids is 4. The summed E-state index contributed by atoms with van der Waals surface area (Å²) in [4.78, 5) is 74.3. The number of amides is 4. The largest absolute Gasteiger partial charge is 0.447 e. The molecule has 4 amide bonds. The fourth-order valence-corrected chi connectivity index (χ4v) is 12.1. The van der Waals surface area contributed by atoms with Crippen molar-refractivity contribution in [2.45, 2.75) is 147 Å². The number of aliphatic imine (C=N–C) groups is 1. The topological polar surface area (TPSA) is 195 Å². The van der Waals surface area contributed by atoms with Crippen LogP contribution in [0.4, 0.5) is 9.59 Å². The molecule has 0 aliphatic carbocycles. The van der Waals surface area contributed by atoms with Gasteiger partial charge in [-0.3, -0.25) is 25.2 Å². The molecule has 2 saturated heterocycles. The lowest BCUT2D eigenvalue weighted by atomic mass is 9.82. The van der Waals surface area contributed by atoms with Crippen LogP contribution in [0, 0.1) is 27.7 Å². The minimum Gasteiger partial charge on any atom is -0.447 e. The van der Waals surface area contributed by atoms with Gasteiger partial charge in [-0.1, -0.05) is 46.5 Å². The minimum absolute atomic E-state index is 0.116. The smallest absolute Gasteiger partial charge is 0.414 e. The first-order valence-corrected chi connectivity index (χ1v) is 33.2. The van der Waals surface area contributed by atoms with E-state index in [1.54, 1.807) is 13.8 Å². The molecule has 2 aliphatic rings. The van der Waals surface area contributed by atoms with Crippen LogP contribution < -0.4 is 21.3 Å². The number of guanidine groups is 1. The molecule has 6 aromatic rings. The Kier molecular flexibility index (Phi) is 26.6. The number of hydrogen-bond acceptors (Lipinski definition) is 11. The van der Waals surface area contributed by atoms with Gasteiger partial charge in [0, 0.05) is 125 Å². The number of aromatic amines is 2. The van der Waals surface area contributed by atoms with Crippen LogP contribution in [-0.4, -0.2) is 187 Å². The van der Waals surface area contributed by atoms with E-state index in [4.69, 9.17) is 26.7 Å². The third kappa shape index (κ3) is 19.8. The van der Waals surface area contributed by atoms with Crippen LogP contribution in [0.2, 0.25) is 0 Å². The van der Waals surface area contributed by atoms with Gasteiger partial charge >= 0.3 is 12.2 Å². The number of rotatable bonds is 18. The van der Waals surface area contributed by atoms with Gasteiger partial charge in [0.05, 0.1) is 23.0 Å². The number of H-pyrrole nitrogens is 2. The highest BCUT2D eigenvalue weighted by atomic mass is 32.1. The average Bonchev–Trinajstić information content (AvgIpc) is 2.21. The summed E-state index contributed by atoms with van der Waals surface area (Å²) >= 11 is 5.31. The Bertz CT molecular complexity index is 3430. The molecule has 19 heteroatoms. The van der Waals surface area contributed by atoms with Crippen molar-refractivity contribution < 1.29 is 28.7 Å². The highest BCUT2D eigenvalue weighted by Gasteiger charge is 2.35. The van der Waals surface area contributed by atoms with Crippen molar-refractivity contribution in [3.05, 3.63) is 117 Å². The van der Waals surface area contributed by atoms with Gasteiger partial charge in [-0.05, 0) is 232 Å². The molecule has 2 aromatic heterocycles. The molecule has 0 bridgehead atoms. The Morgan fingerprint density at radius 3 is 1.38 bits per heavy atom. The molecular weight excluding hydrogens is 1160 g/mol. The van der Waals surface area contributed by atoms with E-state index >= 15 is 0 Å². The van der Waals surface area contributed by atoms with Gasteiger partial charge in [0.25, 0.3) is 0 Å². The highest BCUT2D eigenvalue weighted by molar-refractivity contribution is 7.80. The average molecular weight is 1270 g/mol. The van der Waals surface area contributed by atoms with Gasteiger partial charge < -0.3 is 54.6 Å². The number of aryl methyl sites for hydroxylation is 4. The number of nitrogens with zero attached hydrogens (tertiary/aromatic N) is 6. The molecule has 0 atom stereocenters. The maximum atomic E-state index is 13.6. The number of aromatic nitrogens is 2. The molecule has 2 fully saturated rings. The SMILES string of the molecule is CCN(CC)C(=O)C(C)(C)c1ccc2[nH]c(-c3cc(C)cc(C)c3)c(CCN=C(NC(=O)OC(C)C)N3CCN(C)CC3)c2c1.CCN(CC)C(=O)C(C)(C)c1ccc2[nH]c(-c3cc(C)cc(C)c3)c(CCNC(=S)NC(=O)OC(C)C)c2c1.CN1CCNCC1. The molecule has 18 nitrogen and oxygen atoms in total. The Hall–Kier alpha value is -7.32. The van der Waals surface area contributed by atoms with Crippen LogP contribution in [0.3, 0.4) is 0 Å². The molecule has 0 unspecified atom stereocenters. The van der Waals surface area contributed by atoms with E-state index < -0.39 is 23.0 Å². The lowest BCUT2D eigenvalue weighted by molar-refractivity contribution is -0.136. The van der Waals surface area contributed by atoms with Crippen LogP contribution in [0.15, 0.2) is 77.8 Å². The van der Waals surface area contributed by atoms with Crippen molar-refractivity contribution in [1.82, 2.24) is 55.7 Å². The second-order valence-electron chi connectivity index (χ2n) is 25.9. The second-order valence-corrected chi connectivity index (χ2v) is 26.3. The molecule has 91 heavy (non-hydrogen) atoms. The maximum Gasteiger partial charge on any atom is 0.414 e. The van der Waals surface area contributed by atoms with Crippen molar-refractivity contribution in [2.75, 3.05) is 106 Å². The summed E-state index contributed by atoms with van der Waals surface area (Å²) in [6.07, 6.45) is -0.222. The lowest BCUT2D eigenvalue weighted by Crippen LogP contribution is -2.53. The van der Waals surface area contributed by atoms with E-state index in [9.17, 15) is 19.2 Å². The third-order valence-corrected chi connectivity index (χ3v) is 17.2. The number of fused-ring (bicyclic) bond motifs is 2. The molecule has 4 aromatic carbocycles. The summed E-state index contributed by atoms with van der Waals surface area (Å²) in [6.45, 7) is 43.5. The highest BCUT2D eigenvalue weighted by Crippen LogP contribution is 2.38. The van der Waals surface area contributed by atoms with Crippen LogP contribution in [0.25, 0.3) is 44.3 Å². The Morgan fingerprint density at radius 2 is 0.989 bits per heavy atom. The Morgan fingerprint density at radius 1 is 0.582 bits per heavy atom. The van der Waals surface area contributed by atoms with Crippen LogP contribution in [0.1, 0.15) is 128 Å². The number of likely N-dealkylation sites (N-methyl/N-ethyl adjacent to an activating group) is 4. The number of piperazine rings is 2. The number of hydrogen-bond donors (Lipinski definition) is 6. The summed E-state index contributed by atoms with van der Waals surface area (Å²) in [5.41, 5.74) is 14.0. The minimum atomic E-state index is -0.678. The van der Waals surface area contributed by atoms with E-state index in [1.807, 2.05) is 85.1 Å². The van der Waals surface area contributed by atoms with Crippen LogP contribution >= 0.6 is 12.2 Å². The number of carbonyl (C=O) groups is 4. The predicted octanol–water partition coefficient (Wildman–Crippen LogP) is 11.5. The van der Waals surface area contributed by atoms with Crippen molar-refractivity contribution in [3.8, 4) is 22.5 Å². The third-order valence-electron chi connectivity index (χ3n) is 17.0. The van der Waals surface area contributed by atoms with E-state index in [1.165, 1.54) is 35.3 Å². The van der Waals surface area contributed by atoms with E-state index in [-0.39, 0.29) is 29.1 Å². The predicted molar refractivity (Wildman–Crippen MR) is 378 cm³/mol. The normalized spacial score (nSPS) is 14.2.